The Morgan fingerprint density at radius 3 is 2.66 bits per heavy atom. The van der Waals surface area contributed by atoms with Crippen molar-refractivity contribution < 1.29 is 13.9 Å². The number of pyridine rings is 2. The summed E-state index contributed by atoms with van der Waals surface area (Å²) in [6, 6.07) is 3.54. The Kier molecular flexibility index (Phi) is 4.27. The van der Waals surface area contributed by atoms with Crippen LogP contribution in [0.25, 0.3) is 15.9 Å². The largest absolute Gasteiger partial charge is 0.469 e. The van der Waals surface area contributed by atoms with E-state index >= 15 is 0 Å². The molecular formula is C22H25FN4O2. The Balaban J connectivity index is 1.37. The van der Waals surface area contributed by atoms with Crippen LogP contribution in [0.5, 0.6) is 5.88 Å². The highest BCUT2D eigenvalue weighted by molar-refractivity contribution is 5.78. The number of aromatic nitrogens is 2. The fraction of sp³-hybridized carbons (Fsp3) is 0.591. The van der Waals surface area contributed by atoms with Crippen LogP contribution in [-0.2, 0) is 11.2 Å². The molecule has 0 spiro atoms. The van der Waals surface area contributed by atoms with E-state index in [1.807, 2.05) is 0 Å². The molecule has 2 aliphatic carbocycles. The molecule has 0 unspecified atom stereocenters. The van der Waals surface area contributed by atoms with Crippen LogP contribution in [0.3, 0.4) is 0 Å². The molecule has 2 bridgehead atoms. The molecule has 152 valence electrons. The van der Waals surface area contributed by atoms with Gasteiger partial charge in [0.2, 0.25) is 5.88 Å². The monoisotopic (exact) mass is 396 g/mol. The van der Waals surface area contributed by atoms with Gasteiger partial charge >= 0.3 is 0 Å². The van der Waals surface area contributed by atoms with Crippen molar-refractivity contribution in [3.05, 3.63) is 41.1 Å². The molecular weight excluding hydrogens is 371 g/mol. The molecule has 2 N–H and O–H groups in total. The topological polar surface area (TPSA) is 74.6 Å². The minimum atomic E-state index is -0.393. The molecule has 2 saturated heterocycles. The van der Waals surface area contributed by atoms with Crippen LogP contribution >= 0.6 is 0 Å². The summed E-state index contributed by atoms with van der Waals surface area (Å²) in [4.78, 5) is 12.4. The van der Waals surface area contributed by atoms with Crippen LogP contribution in [0.15, 0.2) is 18.3 Å². The number of fused-ring (bicyclic) bond motifs is 4. The van der Waals surface area contributed by atoms with Crippen LogP contribution in [0, 0.1) is 12.4 Å². The quantitative estimate of drug-likeness (QED) is 0.756. The number of nitrogens with zero attached hydrogens (tertiary/aromatic N) is 3. The first kappa shape index (κ1) is 18.7. The van der Waals surface area contributed by atoms with E-state index in [1.165, 1.54) is 6.20 Å². The maximum atomic E-state index is 14.7. The van der Waals surface area contributed by atoms with Crippen LogP contribution < -0.4 is 10.5 Å². The van der Waals surface area contributed by atoms with E-state index in [1.54, 1.807) is 12.1 Å². The summed E-state index contributed by atoms with van der Waals surface area (Å²) in [6.45, 7) is 8.19. The van der Waals surface area contributed by atoms with E-state index < -0.39 is 5.54 Å². The lowest BCUT2D eigenvalue weighted by Gasteiger charge is -2.51. The molecule has 4 aliphatic rings. The lowest BCUT2D eigenvalue weighted by Crippen LogP contribution is -2.59. The number of halogens is 1. The number of ether oxygens (including phenoxy) is 2. The molecule has 0 amide bonds. The fourth-order valence-corrected chi connectivity index (χ4v) is 4.50. The molecule has 0 atom stereocenters. The molecule has 0 aromatic carbocycles. The van der Waals surface area contributed by atoms with Crippen LogP contribution in [0.4, 0.5) is 4.39 Å². The molecule has 4 heterocycles. The van der Waals surface area contributed by atoms with E-state index in [-0.39, 0.29) is 17.0 Å². The van der Waals surface area contributed by atoms with E-state index in [4.69, 9.17) is 21.8 Å². The van der Waals surface area contributed by atoms with E-state index in [9.17, 15) is 4.39 Å². The summed E-state index contributed by atoms with van der Waals surface area (Å²) in [5.74, 6) is 0.0666. The van der Waals surface area contributed by atoms with E-state index in [0.29, 0.717) is 42.1 Å². The first-order chi connectivity index (χ1) is 13.9. The fourth-order valence-electron chi connectivity index (χ4n) is 4.50. The molecule has 2 saturated carbocycles. The number of hydrogen-bond acceptors (Lipinski definition) is 5. The molecule has 0 radical (unpaired) electrons. The van der Waals surface area contributed by atoms with Crippen molar-refractivity contribution in [2.45, 2.75) is 68.0 Å². The highest BCUT2D eigenvalue weighted by atomic mass is 19.1. The van der Waals surface area contributed by atoms with Crippen molar-refractivity contribution >= 4 is 11.0 Å². The first-order valence-electron chi connectivity index (χ1n) is 10.3. The second-order valence-electron chi connectivity index (χ2n) is 9.06. The predicted molar refractivity (Wildman–Crippen MR) is 106 cm³/mol. The van der Waals surface area contributed by atoms with Gasteiger partial charge in [0.1, 0.15) is 5.82 Å². The van der Waals surface area contributed by atoms with Crippen molar-refractivity contribution in [1.29, 1.82) is 0 Å². The Morgan fingerprint density at radius 1 is 1.21 bits per heavy atom. The molecule has 2 aromatic heterocycles. The Morgan fingerprint density at radius 2 is 2.00 bits per heavy atom. The summed E-state index contributed by atoms with van der Waals surface area (Å²) >= 11 is 0. The summed E-state index contributed by atoms with van der Waals surface area (Å²) in [5, 5.41) is 0. The van der Waals surface area contributed by atoms with Gasteiger partial charge in [0.25, 0.3) is 5.54 Å². The smallest absolute Gasteiger partial charge is 0.266 e. The molecule has 6 nitrogen and oxygen atoms in total. The minimum Gasteiger partial charge on any atom is -0.469 e. The van der Waals surface area contributed by atoms with Crippen LogP contribution in [0.1, 0.15) is 50.5 Å². The average Bonchev–Trinajstić information content (AvgIpc) is 3.53. The van der Waals surface area contributed by atoms with Gasteiger partial charge in [-0.15, -0.1) is 0 Å². The highest BCUT2D eigenvalue weighted by Gasteiger charge is 2.52. The van der Waals surface area contributed by atoms with E-state index in [2.05, 4.69) is 14.8 Å². The van der Waals surface area contributed by atoms with Gasteiger partial charge in [-0.05, 0) is 44.6 Å². The minimum absolute atomic E-state index is 0.172. The predicted octanol–water partition coefficient (Wildman–Crippen LogP) is 3.57. The molecule has 2 aromatic rings. The van der Waals surface area contributed by atoms with Gasteiger partial charge < -0.3 is 20.1 Å². The number of aryl methyl sites for hydroxylation is 1. The van der Waals surface area contributed by atoms with Gasteiger partial charge in [0.05, 0.1) is 29.4 Å². The van der Waals surface area contributed by atoms with Gasteiger partial charge in [-0.25, -0.2) is 15.9 Å². The average molecular weight is 396 g/mol. The maximum absolute atomic E-state index is 14.7. The zero-order chi connectivity index (χ0) is 20.1. The Labute approximate surface area is 169 Å². The Hall–Kier alpha value is -2.30. The lowest BCUT2D eigenvalue weighted by atomic mass is 9.70. The van der Waals surface area contributed by atoms with Gasteiger partial charge in [-0.3, -0.25) is 4.98 Å². The Bertz CT molecular complexity index is 974. The van der Waals surface area contributed by atoms with Crippen molar-refractivity contribution in [3.8, 4) is 5.88 Å². The van der Waals surface area contributed by atoms with E-state index in [0.717, 1.165) is 44.9 Å². The van der Waals surface area contributed by atoms with Crippen LogP contribution in [-0.4, -0.2) is 39.9 Å². The standard InChI is InChI=1S/C22H25FN4O2/c1-25-21(8-9-21)14-28-18-3-2-17-19(27-18)15(16(23)12-26-17)4-5-22-10-6-20(24,7-11-22)13-29-22/h2-3,12H,4-11,13-14,24H2. The summed E-state index contributed by atoms with van der Waals surface area (Å²) in [5.41, 5.74) is 7.28. The first-order valence-corrected chi connectivity index (χ1v) is 10.3. The number of rotatable bonds is 6. The highest BCUT2D eigenvalue weighted by Crippen LogP contribution is 2.45. The number of nitrogens with two attached hydrogens (primary N) is 1. The SMILES string of the molecule is [C-]#[N+]C1(COc2ccc3ncc(F)c(CCC45CCC(N)(CC4)CO5)c3n2)CC1. The lowest BCUT2D eigenvalue weighted by molar-refractivity contribution is -0.156. The van der Waals surface area contributed by atoms with Crippen molar-refractivity contribution in [2.75, 3.05) is 13.2 Å². The third-order valence-corrected chi connectivity index (χ3v) is 6.95. The molecule has 6 rings (SSSR count). The second-order valence-corrected chi connectivity index (χ2v) is 9.06. The van der Waals surface area contributed by atoms with Gasteiger partial charge in [-0.2, -0.15) is 0 Å². The van der Waals surface area contributed by atoms with Crippen molar-refractivity contribution in [2.24, 2.45) is 5.73 Å². The summed E-state index contributed by atoms with van der Waals surface area (Å²) < 4.78 is 26.6. The molecule has 4 fully saturated rings. The number of hydrogen-bond donors (Lipinski definition) is 1. The van der Waals surface area contributed by atoms with Crippen LogP contribution in [0.2, 0.25) is 0 Å². The normalized spacial score (nSPS) is 29.6. The molecule has 2 aliphatic heterocycles. The van der Waals surface area contributed by atoms with Crippen molar-refractivity contribution in [3.63, 3.8) is 0 Å². The third-order valence-electron chi connectivity index (χ3n) is 6.95. The second kappa shape index (κ2) is 6.61. The third kappa shape index (κ3) is 3.45. The van der Waals surface area contributed by atoms with Gasteiger partial charge in [0, 0.05) is 30.0 Å². The van der Waals surface area contributed by atoms with Gasteiger partial charge in [-0.1, -0.05) is 0 Å². The summed E-state index contributed by atoms with van der Waals surface area (Å²) in [7, 11) is 0. The summed E-state index contributed by atoms with van der Waals surface area (Å²) in [6.07, 6.45) is 8.04. The molecule has 7 heteroatoms. The van der Waals surface area contributed by atoms with Crippen molar-refractivity contribution in [1.82, 2.24) is 9.97 Å². The van der Waals surface area contributed by atoms with Gasteiger partial charge in [0.15, 0.2) is 6.61 Å². The molecule has 29 heavy (non-hydrogen) atoms. The maximum Gasteiger partial charge on any atom is 0.266 e. The zero-order valence-corrected chi connectivity index (χ0v) is 16.4. The zero-order valence-electron chi connectivity index (χ0n) is 16.4.